The summed E-state index contributed by atoms with van der Waals surface area (Å²) in [5.41, 5.74) is 4.40. The van der Waals surface area contributed by atoms with E-state index in [0.717, 1.165) is 40.8 Å². The van der Waals surface area contributed by atoms with Gasteiger partial charge in [-0.2, -0.15) is 0 Å². The van der Waals surface area contributed by atoms with Crippen LogP contribution in [-0.4, -0.2) is 34.5 Å². The number of ether oxygens (including phenoxy) is 1. The van der Waals surface area contributed by atoms with Gasteiger partial charge >= 0.3 is 0 Å². The van der Waals surface area contributed by atoms with Crippen LogP contribution in [0.25, 0.3) is 0 Å². The number of amides is 1. The van der Waals surface area contributed by atoms with Crippen molar-refractivity contribution < 1.29 is 17.9 Å². The van der Waals surface area contributed by atoms with Gasteiger partial charge in [0.15, 0.2) is 0 Å². The molecule has 3 aromatic carbocycles. The van der Waals surface area contributed by atoms with Crippen LogP contribution >= 0.6 is 0 Å². The summed E-state index contributed by atoms with van der Waals surface area (Å²) in [6, 6.07) is 20.0. The molecule has 0 unspecified atom stereocenters. The van der Waals surface area contributed by atoms with Crippen molar-refractivity contribution in [1.29, 1.82) is 0 Å². The van der Waals surface area contributed by atoms with Crippen molar-refractivity contribution in [3.05, 3.63) is 89.0 Å². The zero-order valence-electron chi connectivity index (χ0n) is 20.2. The number of carbonyl (C=O) groups excluding carboxylic acids is 1. The third-order valence-electron chi connectivity index (χ3n) is 5.62. The first-order chi connectivity index (χ1) is 16.2. The number of hydrogen-bond donors (Lipinski definition) is 1. The average molecular weight is 481 g/mol. The lowest BCUT2D eigenvalue weighted by molar-refractivity contribution is -0.119. The Bertz CT molecular complexity index is 1240. The van der Waals surface area contributed by atoms with Gasteiger partial charge < -0.3 is 10.1 Å². The van der Waals surface area contributed by atoms with E-state index in [4.69, 9.17) is 4.74 Å². The molecular formula is C27H32N2O4S. The second-order valence-corrected chi connectivity index (χ2v) is 10.3. The van der Waals surface area contributed by atoms with Crippen LogP contribution in [0.2, 0.25) is 0 Å². The third kappa shape index (κ3) is 6.38. The van der Waals surface area contributed by atoms with E-state index in [0.29, 0.717) is 12.2 Å². The molecule has 0 bridgehead atoms. The number of sulfonamides is 1. The fraction of sp³-hybridized carbons (Fsp3) is 0.296. The van der Waals surface area contributed by atoms with E-state index in [1.807, 2.05) is 57.2 Å². The van der Waals surface area contributed by atoms with Gasteiger partial charge in [-0.05, 0) is 75.1 Å². The number of nitrogens with zero attached hydrogens (tertiary/aromatic N) is 1. The molecule has 0 radical (unpaired) electrons. The van der Waals surface area contributed by atoms with E-state index < -0.39 is 10.0 Å². The number of aryl methyl sites for hydroxylation is 4. The Labute approximate surface area is 202 Å². The first-order valence-corrected chi connectivity index (χ1v) is 12.7. The van der Waals surface area contributed by atoms with Crippen molar-refractivity contribution in [2.75, 3.05) is 24.5 Å². The normalized spacial score (nSPS) is 11.2. The second kappa shape index (κ2) is 11.2. The highest BCUT2D eigenvalue weighted by atomic mass is 32.2. The molecule has 7 heteroatoms. The maximum atomic E-state index is 13.5. The Morgan fingerprint density at radius 3 is 2.32 bits per heavy atom. The maximum Gasteiger partial charge on any atom is 0.264 e. The number of carbonyl (C=O) groups is 1. The fourth-order valence-electron chi connectivity index (χ4n) is 3.76. The minimum atomic E-state index is -3.92. The van der Waals surface area contributed by atoms with Gasteiger partial charge in [0.2, 0.25) is 5.91 Å². The van der Waals surface area contributed by atoms with E-state index in [1.165, 1.54) is 4.31 Å². The predicted octanol–water partition coefficient (Wildman–Crippen LogP) is 4.56. The molecular weight excluding hydrogens is 448 g/mol. The second-order valence-electron chi connectivity index (χ2n) is 8.42. The molecule has 0 spiro atoms. The standard InChI is InChI=1S/C27H32N2O4S/c1-20-10-13-25(14-11-20)34(31,32)29(26-15-12-21(2)17-22(26)3)19-27(30)28-16-6-8-23-7-5-9-24(18-23)33-4/h5,7,9-15,17-18H,6,8,16,19H2,1-4H3,(H,28,30). The minimum absolute atomic E-state index is 0.156. The molecule has 0 aliphatic carbocycles. The maximum absolute atomic E-state index is 13.5. The highest BCUT2D eigenvalue weighted by Gasteiger charge is 2.28. The lowest BCUT2D eigenvalue weighted by Gasteiger charge is -2.26. The fourth-order valence-corrected chi connectivity index (χ4v) is 5.24. The smallest absolute Gasteiger partial charge is 0.264 e. The monoisotopic (exact) mass is 480 g/mol. The highest BCUT2D eigenvalue weighted by molar-refractivity contribution is 7.92. The lowest BCUT2D eigenvalue weighted by atomic mass is 10.1. The van der Waals surface area contributed by atoms with E-state index in [9.17, 15) is 13.2 Å². The summed E-state index contributed by atoms with van der Waals surface area (Å²) >= 11 is 0. The number of benzene rings is 3. The van der Waals surface area contributed by atoms with Crippen LogP contribution in [0.3, 0.4) is 0 Å². The molecule has 3 aromatic rings. The first kappa shape index (κ1) is 25.3. The van der Waals surface area contributed by atoms with Crippen molar-refractivity contribution in [2.45, 2.75) is 38.5 Å². The van der Waals surface area contributed by atoms with Crippen molar-refractivity contribution in [1.82, 2.24) is 5.32 Å². The number of anilines is 1. The van der Waals surface area contributed by atoms with E-state index in [2.05, 4.69) is 5.32 Å². The Morgan fingerprint density at radius 1 is 0.941 bits per heavy atom. The van der Waals surface area contributed by atoms with Crippen molar-refractivity contribution >= 4 is 21.6 Å². The summed E-state index contributed by atoms with van der Waals surface area (Å²) in [6.07, 6.45) is 1.51. The van der Waals surface area contributed by atoms with Crippen LogP contribution in [-0.2, 0) is 21.2 Å². The van der Waals surface area contributed by atoms with Crippen LogP contribution in [0.1, 0.15) is 28.7 Å². The molecule has 0 aromatic heterocycles. The first-order valence-electron chi connectivity index (χ1n) is 11.3. The van der Waals surface area contributed by atoms with Gasteiger partial charge in [0.1, 0.15) is 12.3 Å². The zero-order chi connectivity index (χ0) is 24.7. The molecule has 0 aliphatic rings. The molecule has 0 aliphatic heterocycles. The van der Waals surface area contributed by atoms with Crippen LogP contribution < -0.4 is 14.4 Å². The van der Waals surface area contributed by atoms with Gasteiger partial charge in [-0.3, -0.25) is 9.10 Å². The van der Waals surface area contributed by atoms with Crippen molar-refractivity contribution in [3.8, 4) is 5.75 Å². The van der Waals surface area contributed by atoms with Crippen LogP contribution in [0, 0.1) is 20.8 Å². The summed E-state index contributed by atoms with van der Waals surface area (Å²) in [5.74, 6) is 0.452. The molecule has 6 nitrogen and oxygen atoms in total. The lowest BCUT2D eigenvalue weighted by Crippen LogP contribution is -2.41. The molecule has 3 rings (SSSR count). The van der Waals surface area contributed by atoms with Gasteiger partial charge in [0.25, 0.3) is 10.0 Å². The molecule has 0 heterocycles. The molecule has 0 fully saturated rings. The molecule has 1 N–H and O–H groups in total. The largest absolute Gasteiger partial charge is 0.497 e. The van der Waals surface area contributed by atoms with Gasteiger partial charge in [0, 0.05) is 6.54 Å². The van der Waals surface area contributed by atoms with Crippen molar-refractivity contribution in [3.63, 3.8) is 0 Å². The van der Waals surface area contributed by atoms with Crippen molar-refractivity contribution in [2.24, 2.45) is 0 Å². The highest BCUT2D eigenvalue weighted by Crippen LogP contribution is 2.27. The average Bonchev–Trinajstić information content (AvgIpc) is 2.81. The van der Waals surface area contributed by atoms with Gasteiger partial charge in [-0.1, -0.05) is 47.5 Å². The molecule has 34 heavy (non-hydrogen) atoms. The minimum Gasteiger partial charge on any atom is -0.497 e. The Kier molecular flexibility index (Phi) is 8.34. The molecule has 180 valence electrons. The number of nitrogens with one attached hydrogen (secondary N) is 1. The van der Waals surface area contributed by atoms with Gasteiger partial charge in [-0.25, -0.2) is 8.42 Å². The molecule has 0 saturated carbocycles. The number of rotatable bonds is 10. The zero-order valence-corrected chi connectivity index (χ0v) is 21.0. The molecule has 0 saturated heterocycles. The Morgan fingerprint density at radius 2 is 1.65 bits per heavy atom. The SMILES string of the molecule is COc1cccc(CCCNC(=O)CN(c2ccc(C)cc2C)S(=O)(=O)c2ccc(C)cc2)c1. The topological polar surface area (TPSA) is 75.7 Å². The summed E-state index contributed by atoms with van der Waals surface area (Å²) < 4.78 is 33.5. The number of hydrogen-bond acceptors (Lipinski definition) is 4. The Hall–Kier alpha value is -3.32. The van der Waals surface area contributed by atoms with Crippen LogP contribution in [0.15, 0.2) is 71.6 Å². The van der Waals surface area contributed by atoms with Gasteiger partial charge in [-0.15, -0.1) is 0 Å². The quantitative estimate of drug-likeness (QED) is 0.432. The van der Waals surface area contributed by atoms with Gasteiger partial charge in [0.05, 0.1) is 17.7 Å². The van der Waals surface area contributed by atoms with E-state index >= 15 is 0 Å². The van der Waals surface area contributed by atoms with Crippen LogP contribution in [0.5, 0.6) is 5.75 Å². The van der Waals surface area contributed by atoms with Crippen LogP contribution in [0.4, 0.5) is 5.69 Å². The molecule has 1 amide bonds. The summed E-state index contributed by atoms with van der Waals surface area (Å²) in [4.78, 5) is 13.0. The Balaban J connectivity index is 1.73. The predicted molar refractivity (Wildman–Crippen MR) is 136 cm³/mol. The summed E-state index contributed by atoms with van der Waals surface area (Å²) in [6.45, 7) is 5.86. The summed E-state index contributed by atoms with van der Waals surface area (Å²) in [5, 5.41) is 2.87. The van der Waals surface area contributed by atoms with E-state index in [1.54, 1.807) is 37.4 Å². The number of methoxy groups -OCH3 is 1. The molecule has 0 atom stereocenters. The van der Waals surface area contributed by atoms with E-state index in [-0.39, 0.29) is 17.3 Å². The third-order valence-corrected chi connectivity index (χ3v) is 7.39. The summed E-state index contributed by atoms with van der Waals surface area (Å²) in [7, 11) is -2.29.